The first-order chi connectivity index (χ1) is 6.93. The van der Waals surface area contributed by atoms with Crippen LogP contribution in [0.2, 0.25) is 0 Å². The van der Waals surface area contributed by atoms with Crippen LogP contribution in [-0.4, -0.2) is 0 Å². The lowest BCUT2D eigenvalue weighted by Gasteiger charge is -2.04. The third-order valence-electron chi connectivity index (χ3n) is 3.83. The SMILES string of the molecule is C.c1cc2c3c(ccc4c3c1CC4)CC2. The molecule has 0 amide bonds. The van der Waals surface area contributed by atoms with Crippen molar-refractivity contribution in [1.82, 2.24) is 0 Å². The fourth-order valence-electron chi connectivity index (χ4n) is 3.16. The van der Waals surface area contributed by atoms with Crippen LogP contribution < -0.4 is 0 Å². The normalized spacial score (nSPS) is 15.7. The smallest absolute Gasteiger partial charge is 0.0114 e. The molecule has 0 nitrogen and oxygen atoms in total. The zero-order valence-corrected chi connectivity index (χ0v) is 8.14. The Labute approximate surface area is 90.9 Å². The lowest BCUT2D eigenvalue weighted by atomic mass is 10.0. The quantitative estimate of drug-likeness (QED) is 0.603. The Balaban J connectivity index is 0.000000722. The summed E-state index contributed by atoms with van der Waals surface area (Å²) in [6.45, 7) is 0. The van der Waals surface area contributed by atoms with Crippen LogP contribution in [0.4, 0.5) is 0 Å². The maximum atomic E-state index is 2.35. The van der Waals surface area contributed by atoms with Gasteiger partial charge < -0.3 is 0 Å². The summed E-state index contributed by atoms with van der Waals surface area (Å²) in [6, 6.07) is 9.40. The standard InChI is InChI=1S/C14H12.CH4/c1-2-10-7-8-12-4-3-11-6-5-9(1)13(10)14(11)12;/h5-8H,1-4H2;1H4. The summed E-state index contributed by atoms with van der Waals surface area (Å²) in [6.07, 6.45) is 5.04. The van der Waals surface area contributed by atoms with E-state index in [0.29, 0.717) is 0 Å². The van der Waals surface area contributed by atoms with E-state index in [-0.39, 0.29) is 7.43 Å². The third-order valence-corrected chi connectivity index (χ3v) is 3.83. The summed E-state index contributed by atoms with van der Waals surface area (Å²) in [5, 5.41) is 3.22. The van der Waals surface area contributed by atoms with Gasteiger partial charge in [-0.05, 0) is 58.7 Å². The molecule has 2 aliphatic rings. The van der Waals surface area contributed by atoms with Crippen LogP contribution in [0.25, 0.3) is 10.8 Å². The predicted octanol–water partition coefficient (Wildman–Crippen LogP) is 3.67. The Kier molecular flexibility index (Phi) is 1.70. The molecule has 0 N–H and O–H groups in total. The second kappa shape index (κ2) is 2.85. The molecule has 0 heteroatoms. The van der Waals surface area contributed by atoms with E-state index in [2.05, 4.69) is 24.3 Å². The second-order valence-electron chi connectivity index (χ2n) is 4.52. The van der Waals surface area contributed by atoms with Gasteiger partial charge in [0.15, 0.2) is 0 Å². The van der Waals surface area contributed by atoms with Crippen LogP contribution in [0.5, 0.6) is 0 Å². The molecule has 0 radical (unpaired) electrons. The predicted molar refractivity (Wildman–Crippen MR) is 65.5 cm³/mol. The minimum atomic E-state index is 0. The first kappa shape index (κ1) is 8.96. The number of hydrogen-bond donors (Lipinski definition) is 0. The van der Waals surface area contributed by atoms with Crippen molar-refractivity contribution in [2.75, 3.05) is 0 Å². The zero-order chi connectivity index (χ0) is 9.12. The van der Waals surface area contributed by atoms with Crippen LogP contribution in [0.15, 0.2) is 24.3 Å². The van der Waals surface area contributed by atoms with Crippen molar-refractivity contribution in [3.05, 3.63) is 46.5 Å². The topological polar surface area (TPSA) is 0 Å². The number of benzene rings is 2. The highest BCUT2D eigenvalue weighted by Gasteiger charge is 2.21. The van der Waals surface area contributed by atoms with Crippen LogP contribution in [0, 0.1) is 0 Å². The molecule has 2 aromatic rings. The van der Waals surface area contributed by atoms with Gasteiger partial charge in [0.05, 0.1) is 0 Å². The highest BCUT2D eigenvalue weighted by atomic mass is 14.2. The summed E-state index contributed by atoms with van der Waals surface area (Å²) in [5.74, 6) is 0. The minimum Gasteiger partial charge on any atom is -0.0776 e. The first-order valence-electron chi connectivity index (χ1n) is 5.49. The van der Waals surface area contributed by atoms with Gasteiger partial charge in [-0.25, -0.2) is 0 Å². The van der Waals surface area contributed by atoms with Gasteiger partial charge >= 0.3 is 0 Å². The van der Waals surface area contributed by atoms with E-state index in [1.54, 1.807) is 33.0 Å². The van der Waals surface area contributed by atoms with Crippen molar-refractivity contribution in [3.63, 3.8) is 0 Å². The molecule has 0 heterocycles. The second-order valence-corrected chi connectivity index (χ2v) is 4.52. The number of hydrogen-bond acceptors (Lipinski definition) is 0. The van der Waals surface area contributed by atoms with E-state index in [0.717, 1.165) is 0 Å². The molecule has 0 unspecified atom stereocenters. The molecule has 4 rings (SSSR count). The Morgan fingerprint density at radius 1 is 0.533 bits per heavy atom. The molecule has 0 bridgehead atoms. The fraction of sp³-hybridized carbons (Fsp3) is 0.333. The van der Waals surface area contributed by atoms with Crippen molar-refractivity contribution in [2.24, 2.45) is 0 Å². The number of rotatable bonds is 0. The van der Waals surface area contributed by atoms with Gasteiger partial charge in [0.2, 0.25) is 0 Å². The molecular weight excluding hydrogens is 180 g/mol. The van der Waals surface area contributed by atoms with Crippen LogP contribution in [0.3, 0.4) is 0 Å². The molecule has 2 aromatic carbocycles. The van der Waals surface area contributed by atoms with Crippen molar-refractivity contribution >= 4 is 10.8 Å². The molecule has 0 saturated heterocycles. The third kappa shape index (κ3) is 0.971. The Hall–Kier alpha value is -1.30. The van der Waals surface area contributed by atoms with E-state index in [9.17, 15) is 0 Å². The van der Waals surface area contributed by atoms with Crippen LogP contribution in [0.1, 0.15) is 29.7 Å². The van der Waals surface area contributed by atoms with E-state index < -0.39 is 0 Å². The summed E-state index contributed by atoms with van der Waals surface area (Å²) in [7, 11) is 0. The van der Waals surface area contributed by atoms with E-state index in [1.165, 1.54) is 25.7 Å². The van der Waals surface area contributed by atoms with Crippen molar-refractivity contribution in [3.8, 4) is 0 Å². The lowest BCUT2D eigenvalue weighted by Crippen LogP contribution is -1.82. The summed E-state index contributed by atoms with van der Waals surface area (Å²) in [5.41, 5.74) is 6.34. The van der Waals surface area contributed by atoms with Gasteiger partial charge in [0.25, 0.3) is 0 Å². The van der Waals surface area contributed by atoms with Crippen molar-refractivity contribution in [1.29, 1.82) is 0 Å². The molecule has 76 valence electrons. The summed E-state index contributed by atoms with van der Waals surface area (Å²) < 4.78 is 0. The van der Waals surface area contributed by atoms with Gasteiger partial charge in [-0.1, -0.05) is 31.7 Å². The molecule has 0 aromatic heterocycles. The lowest BCUT2D eigenvalue weighted by molar-refractivity contribution is 1.01. The van der Waals surface area contributed by atoms with Gasteiger partial charge in [-0.3, -0.25) is 0 Å². The average Bonchev–Trinajstić information content (AvgIpc) is 2.77. The molecule has 0 atom stereocenters. The summed E-state index contributed by atoms with van der Waals surface area (Å²) >= 11 is 0. The van der Waals surface area contributed by atoms with E-state index in [1.807, 2.05) is 0 Å². The molecule has 0 fully saturated rings. The summed E-state index contributed by atoms with van der Waals surface area (Å²) in [4.78, 5) is 0. The molecule has 0 saturated carbocycles. The molecular formula is C15H16. The Morgan fingerprint density at radius 3 is 1.07 bits per heavy atom. The van der Waals surface area contributed by atoms with E-state index >= 15 is 0 Å². The molecule has 2 aliphatic carbocycles. The van der Waals surface area contributed by atoms with Gasteiger partial charge in [0, 0.05) is 0 Å². The van der Waals surface area contributed by atoms with Crippen molar-refractivity contribution in [2.45, 2.75) is 33.1 Å². The fourth-order valence-corrected chi connectivity index (χ4v) is 3.16. The van der Waals surface area contributed by atoms with Crippen LogP contribution in [-0.2, 0) is 25.7 Å². The zero-order valence-electron chi connectivity index (χ0n) is 8.14. The Morgan fingerprint density at radius 2 is 0.800 bits per heavy atom. The molecule has 0 spiro atoms. The molecule has 15 heavy (non-hydrogen) atoms. The first-order valence-corrected chi connectivity index (χ1v) is 5.49. The van der Waals surface area contributed by atoms with Gasteiger partial charge in [0.1, 0.15) is 0 Å². The maximum absolute atomic E-state index is 2.35. The maximum Gasteiger partial charge on any atom is -0.0114 e. The minimum absolute atomic E-state index is 0. The largest absolute Gasteiger partial charge is 0.0776 e. The van der Waals surface area contributed by atoms with Crippen LogP contribution >= 0.6 is 0 Å². The monoisotopic (exact) mass is 196 g/mol. The van der Waals surface area contributed by atoms with Gasteiger partial charge in [-0.2, -0.15) is 0 Å². The highest BCUT2D eigenvalue weighted by Crippen LogP contribution is 2.38. The average molecular weight is 196 g/mol. The highest BCUT2D eigenvalue weighted by molar-refractivity contribution is 5.97. The van der Waals surface area contributed by atoms with Gasteiger partial charge in [-0.15, -0.1) is 0 Å². The number of aryl methyl sites for hydroxylation is 4. The Bertz CT molecular complexity index is 452. The van der Waals surface area contributed by atoms with E-state index in [4.69, 9.17) is 0 Å². The van der Waals surface area contributed by atoms with Crippen molar-refractivity contribution < 1.29 is 0 Å². The molecule has 0 aliphatic heterocycles.